The highest BCUT2D eigenvalue weighted by molar-refractivity contribution is 7.13. The van der Waals surface area contributed by atoms with Crippen LogP contribution in [-0.2, 0) is 11.3 Å². The van der Waals surface area contributed by atoms with E-state index in [4.69, 9.17) is 16.3 Å². The van der Waals surface area contributed by atoms with E-state index < -0.39 is 11.1 Å². The fraction of sp³-hybridized carbons (Fsp3) is 0.348. The van der Waals surface area contributed by atoms with Gasteiger partial charge in [-0.3, -0.25) is 19.2 Å². The normalized spacial score (nSPS) is 18.4. The number of amides is 2. The average Bonchev–Trinajstić information content (AvgIpc) is 3.36. The number of hydrogen-bond donors (Lipinski definition) is 1. The number of nitrogens with zero attached hydrogens (tertiary/aromatic N) is 3. The number of anilines is 1. The van der Waals surface area contributed by atoms with Crippen molar-refractivity contribution in [3.05, 3.63) is 52.5 Å². The Hall–Kier alpha value is -2.84. The van der Waals surface area contributed by atoms with E-state index in [2.05, 4.69) is 10.4 Å². The van der Waals surface area contributed by atoms with Gasteiger partial charge in [-0.25, -0.2) is 0 Å². The summed E-state index contributed by atoms with van der Waals surface area (Å²) in [5.41, 5.74) is -0.0669. The summed E-state index contributed by atoms with van der Waals surface area (Å²) in [5.74, 6) is -0.103. The summed E-state index contributed by atoms with van der Waals surface area (Å²) in [6, 6.07) is 10.7. The largest absolute Gasteiger partial charge is 0.495 e. The fourth-order valence-electron chi connectivity index (χ4n) is 3.80. The summed E-state index contributed by atoms with van der Waals surface area (Å²) >= 11 is 7.91. The number of carbonyl (C=O) groups excluding carboxylic acids is 2. The topological polar surface area (TPSA) is 76.5 Å². The standard InChI is InChI=1S/C23H25ClN4O3S/c1-22(2,3)25-21(30)23(4)13-27-17(12-16(26-27)19-7-6-10-32-19)20(29)28(23)14-8-9-18(31-5)15(24)11-14/h6-12H,13H2,1-5H3,(H,25,30)/t23-/m1/s1. The zero-order valence-corrected chi connectivity index (χ0v) is 20.2. The van der Waals surface area contributed by atoms with Gasteiger partial charge in [-0.1, -0.05) is 17.7 Å². The molecule has 0 fully saturated rings. The van der Waals surface area contributed by atoms with Crippen molar-refractivity contribution in [2.24, 2.45) is 0 Å². The Bertz CT molecular complexity index is 1180. The third-order valence-corrected chi connectivity index (χ3v) is 6.49. The van der Waals surface area contributed by atoms with E-state index in [9.17, 15) is 9.59 Å². The molecule has 3 aromatic rings. The maximum absolute atomic E-state index is 13.8. The fourth-order valence-corrected chi connectivity index (χ4v) is 4.73. The van der Waals surface area contributed by atoms with Crippen LogP contribution in [0.1, 0.15) is 38.2 Å². The summed E-state index contributed by atoms with van der Waals surface area (Å²) in [4.78, 5) is 29.7. The lowest BCUT2D eigenvalue weighted by molar-refractivity contribution is -0.128. The summed E-state index contributed by atoms with van der Waals surface area (Å²) in [5, 5.41) is 9.98. The molecular weight excluding hydrogens is 448 g/mol. The molecule has 7 nitrogen and oxygen atoms in total. The number of hydrogen-bond acceptors (Lipinski definition) is 5. The summed E-state index contributed by atoms with van der Waals surface area (Å²) in [6.45, 7) is 7.66. The van der Waals surface area contributed by atoms with Crippen molar-refractivity contribution in [2.75, 3.05) is 12.0 Å². The van der Waals surface area contributed by atoms with Crippen LogP contribution in [0.3, 0.4) is 0 Å². The minimum Gasteiger partial charge on any atom is -0.495 e. The number of thiophene rings is 1. The second kappa shape index (κ2) is 7.94. The number of nitrogens with one attached hydrogen (secondary N) is 1. The molecule has 0 spiro atoms. The van der Waals surface area contributed by atoms with Gasteiger partial charge >= 0.3 is 0 Å². The first kappa shape index (κ1) is 22.4. The number of rotatable bonds is 4. The Labute approximate surface area is 195 Å². The lowest BCUT2D eigenvalue weighted by Gasteiger charge is -2.44. The number of aromatic nitrogens is 2. The smallest absolute Gasteiger partial charge is 0.277 e. The van der Waals surface area contributed by atoms with Gasteiger partial charge in [0.25, 0.3) is 5.91 Å². The van der Waals surface area contributed by atoms with Gasteiger partial charge in [-0.15, -0.1) is 11.3 Å². The van der Waals surface area contributed by atoms with Gasteiger partial charge in [0.1, 0.15) is 22.7 Å². The van der Waals surface area contributed by atoms with E-state index in [1.165, 1.54) is 12.0 Å². The molecule has 4 rings (SSSR count). The molecule has 0 radical (unpaired) electrons. The van der Waals surface area contributed by atoms with E-state index in [0.717, 1.165) is 4.88 Å². The Morgan fingerprint density at radius 2 is 2.03 bits per heavy atom. The Morgan fingerprint density at radius 1 is 1.28 bits per heavy atom. The maximum Gasteiger partial charge on any atom is 0.277 e. The molecule has 168 valence electrons. The van der Waals surface area contributed by atoms with Crippen LogP contribution in [0.4, 0.5) is 5.69 Å². The van der Waals surface area contributed by atoms with Gasteiger partial charge in [0.2, 0.25) is 5.91 Å². The van der Waals surface area contributed by atoms with Crippen molar-refractivity contribution in [1.29, 1.82) is 0 Å². The molecule has 32 heavy (non-hydrogen) atoms. The molecule has 9 heteroatoms. The van der Waals surface area contributed by atoms with Crippen LogP contribution >= 0.6 is 22.9 Å². The zero-order valence-electron chi connectivity index (χ0n) is 18.6. The highest BCUT2D eigenvalue weighted by Crippen LogP contribution is 2.38. The first-order valence-electron chi connectivity index (χ1n) is 10.2. The van der Waals surface area contributed by atoms with Crippen molar-refractivity contribution in [2.45, 2.75) is 45.3 Å². The predicted molar refractivity (Wildman–Crippen MR) is 127 cm³/mol. The molecule has 0 bridgehead atoms. The van der Waals surface area contributed by atoms with Crippen LogP contribution < -0.4 is 15.0 Å². The van der Waals surface area contributed by atoms with Crippen LogP contribution in [0.2, 0.25) is 5.02 Å². The number of benzene rings is 1. The Balaban J connectivity index is 1.85. The Morgan fingerprint density at radius 3 is 2.62 bits per heavy atom. The SMILES string of the molecule is COc1ccc(N2C(=O)c3cc(-c4cccs4)nn3C[C@]2(C)C(=O)NC(C)(C)C)cc1Cl. The molecule has 3 heterocycles. The van der Waals surface area contributed by atoms with Gasteiger partial charge in [0.15, 0.2) is 0 Å². The van der Waals surface area contributed by atoms with Crippen LogP contribution in [0.5, 0.6) is 5.75 Å². The molecule has 1 aliphatic heterocycles. The van der Waals surface area contributed by atoms with Gasteiger partial charge in [0, 0.05) is 11.2 Å². The third-order valence-electron chi connectivity index (χ3n) is 5.30. The second-order valence-electron chi connectivity index (χ2n) is 8.99. The Kier molecular flexibility index (Phi) is 5.55. The molecule has 1 atom stereocenters. The van der Waals surface area contributed by atoms with Crippen molar-refractivity contribution in [3.8, 4) is 16.3 Å². The second-order valence-corrected chi connectivity index (χ2v) is 10.3. The number of halogens is 1. The first-order chi connectivity index (χ1) is 15.0. The quantitative estimate of drug-likeness (QED) is 0.601. The number of carbonyl (C=O) groups is 2. The minimum atomic E-state index is -1.23. The van der Waals surface area contributed by atoms with Gasteiger partial charge in [0.05, 0.1) is 23.6 Å². The molecule has 0 saturated heterocycles. The minimum absolute atomic E-state index is 0.199. The van der Waals surface area contributed by atoms with Crippen molar-refractivity contribution < 1.29 is 14.3 Å². The van der Waals surface area contributed by atoms with Gasteiger partial charge in [-0.2, -0.15) is 5.10 Å². The number of fused-ring (bicyclic) bond motifs is 1. The summed E-state index contributed by atoms with van der Waals surface area (Å²) in [6.07, 6.45) is 0. The number of ether oxygens (including phenoxy) is 1. The lowest BCUT2D eigenvalue weighted by Crippen LogP contribution is -2.66. The highest BCUT2D eigenvalue weighted by Gasteiger charge is 2.49. The molecule has 0 unspecified atom stereocenters. The van der Waals surface area contributed by atoms with Gasteiger partial charge in [-0.05, 0) is 63.4 Å². The summed E-state index contributed by atoms with van der Waals surface area (Å²) < 4.78 is 6.88. The molecule has 2 amide bonds. The van der Waals surface area contributed by atoms with Crippen LogP contribution in [0.15, 0.2) is 41.8 Å². The van der Waals surface area contributed by atoms with E-state index in [0.29, 0.717) is 27.8 Å². The number of methoxy groups -OCH3 is 1. The highest BCUT2D eigenvalue weighted by atomic mass is 35.5. The van der Waals surface area contributed by atoms with Gasteiger partial charge < -0.3 is 10.1 Å². The van der Waals surface area contributed by atoms with E-state index in [-0.39, 0.29) is 18.4 Å². The van der Waals surface area contributed by atoms with E-state index in [1.807, 2.05) is 38.3 Å². The van der Waals surface area contributed by atoms with Crippen molar-refractivity contribution in [1.82, 2.24) is 15.1 Å². The third kappa shape index (κ3) is 3.89. The molecule has 0 saturated carbocycles. The first-order valence-corrected chi connectivity index (χ1v) is 11.4. The van der Waals surface area contributed by atoms with E-state index >= 15 is 0 Å². The van der Waals surface area contributed by atoms with Crippen LogP contribution in [0.25, 0.3) is 10.6 Å². The van der Waals surface area contributed by atoms with E-state index in [1.54, 1.807) is 47.2 Å². The van der Waals surface area contributed by atoms with Crippen LogP contribution in [0, 0.1) is 0 Å². The van der Waals surface area contributed by atoms with Crippen molar-refractivity contribution in [3.63, 3.8) is 0 Å². The molecule has 1 aliphatic rings. The van der Waals surface area contributed by atoms with Crippen molar-refractivity contribution >= 4 is 40.4 Å². The molecule has 2 aromatic heterocycles. The average molecular weight is 473 g/mol. The molecule has 1 aromatic carbocycles. The van der Waals surface area contributed by atoms with Crippen LogP contribution in [-0.4, -0.2) is 39.8 Å². The lowest BCUT2D eigenvalue weighted by atomic mass is 9.92. The summed E-state index contributed by atoms with van der Waals surface area (Å²) in [7, 11) is 1.53. The zero-order chi connectivity index (χ0) is 23.3. The monoisotopic (exact) mass is 472 g/mol. The molecule has 1 N–H and O–H groups in total. The maximum atomic E-state index is 13.8. The molecule has 0 aliphatic carbocycles. The molecular formula is C23H25ClN4O3S. The predicted octanol–water partition coefficient (Wildman–Crippen LogP) is 4.61.